The zero-order valence-electron chi connectivity index (χ0n) is 16.1. The van der Waals surface area contributed by atoms with Crippen LogP contribution in [0.1, 0.15) is 15.9 Å². The van der Waals surface area contributed by atoms with E-state index in [1.807, 2.05) is 61.0 Å². The van der Waals surface area contributed by atoms with E-state index in [9.17, 15) is 4.79 Å². The number of benzene rings is 3. The number of carbonyl (C=O) groups excluding carboxylic acids is 1. The maximum Gasteiger partial charge on any atom is 0.281 e. The van der Waals surface area contributed by atoms with E-state index < -0.39 is 0 Å². The lowest BCUT2D eigenvalue weighted by molar-refractivity contribution is 0.0998. The molecule has 0 atom stereocenters. The Hall–Kier alpha value is -2.95. The predicted molar refractivity (Wildman–Crippen MR) is 120 cm³/mol. The number of aryl methyl sites for hydroxylation is 1. The summed E-state index contributed by atoms with van der Waals surface area (Å²) in [5.74, 6) is -0.342. The fourth-order valence-corrected chi connectivity index (χ4v) is 4.66. The highest BCUT2D eigenvalue weighted by atomic mass is 35.5. The average molecular weight is 419 g/mol. The van der Waals surface area contributed by atoms with Crippen LogP contribution in [0.5, 0.6) is 0 Å². The largest absolute Gasteiger partial charge is 0.319 e. The van der Waals surface area contributed by atoms with E-state index in [1.54, 1.807) is 12.1 Å². The van der Waals surface area contributed by atoms with Gasteiger partial charge in [-0.1, -0.05) is 89.7 Å². The highest BCUT2D eigenvalue weighted by Crippen LogP contribution is 2.34. The van der Waals surface area contributed by atoms with Crippen LogP contribution in [0.4, 0.5) is 0 Å². The van der Waals surface area contributed by atoms with E-state index in [0.717, 1.165) is 27.3 Å². The van der Waals surface area contributed by atoms with Crippen LogP contribution in [0.25, 0.3) is 21.7 Å². The number of halogens is 1. The van der Waals surface area contributed by atoms with Crippen molar-refractivity contribution in [3.05, 3.63) is 99.8 Å². The highest BCUT2D eigenvalue weighted by molar-refractivity contribution is 7.13. The van der Waals surface area contributed by atoms with Gasteiger partial charge in [0.25, 0.3) is 5.91 Å². The topological polar surface area (TPSA) is 34.4 Å². The minimum absolute atomic E-state index is 0.342. The van der Waals surface area contributed by atoms with E-state index in [1.165, 1.54) is 11.3 Å². The monoisotopic (exact) mass is 418 g/mol. The van der Waals surface area contributed by atoms with Crippen LogP contribution in [0.15, 0.2) is 83.9 Å². The standard InChI is InChI=1S/C24H19ClN2OS/c1-16-13-14-19(20(25)15-16)23(28)26-24-27(2)21(17-9-5-3-6-10-17)22(29-24)18-11-7-4-8-12-18/h3-15H,1-2H3. The van der Waals surface area contributed by atoms with Crippen molar-refractivity contribution in [3.63, 3.8) is 0 Å². The Morgan fingerprint density at radius 2 is 1.55 bits per heavy atom. The third kappa shape index (κ3) is 3.95. The molecule has 1 aromatic heterocycles. The summed E-state index contributed by atoms with van der Waals surface area (Å²) < 4.78 is 1.97. The average Bonchev–Trinajstić information content (AvgIpc) is 3.05. The van der Waals surface area contributed by atoms with Gasteiger partial charge in [-0.3, -0.25) is 4.79 Å². The van der Waals surface area contributed by atoms with Crippen LogP contribution in [-0.2, 0) is 7.05 Å². The minimum atomic E-state index is -0.342. The van der Waals surface area contributed by atoms with Crippen molar-refractivity contribution in [2.24, 2.45) is 12.0 Å². The van der Waals surface area contributed by atoms with Gasteiger partial charge in [0.1, 0.15) is 0 Å². The molecule has 0 aliphatic heterocycles. The quantitative estimate of drug-likeness (QED) is 0.394. The van der Waals surface area contributed by atoms with Crippen molar-refractivity contribution >= 4 is 28.8 Å². The van der Waals surface area contributed by atoms with Crippen LogP contribution in [0.3, 0.4) is 0 Å². The number of thiazole rings is 1. The van der Waals surface area contributed by atoms with Gasteiger partial charge in [0.15, 0.2) is 4.80 Å². The van der Waals surface area contributed by atoms with Crippen LogP contribution < -0.4 is 4.80 Å². The minimum Gasteiger partial charge on any atom is -0.319 e. The molecule has 0 saturated heterocycles. The Labute approximate surface area is 178 Å². The summed E-state index contributed by atoms with van der Waals surface area (Å²) in [7, 11) is 1.94. The lowest BCUT2D eigenvalue weighted by Crippen LogP contribution is -2.14. The Morgan fingerprint density at radius 1 is 0.931 bits per heavy atom. The summed E-state index contributed by atoms with van der Waals surface area (Å²) in [5, 5.41) is 0.421. The van der Waals surface area contributed by atoms with Crippen molar-refractivity contribution in [1.82, 2.24) is 4.57 Å². The molecule has 0 spiro atoms. The zero-order valence-corrected chi connectivity index (χ0v) is 17.7. The van der Waals surface area contributed by atoms with Crippen LogP contribution in [0, 0.1) is 6.92 Å². The van der Waals surface area contributed by atoms with E-state index in [-0.39, 0.29) is 5.91 Å². The molecule has 29 heavy (non-hydrogen) atoms. The van der Waals surface area contributed by atoms with Gasteiger partial charge in [0.2, 0.25) is 0 Å². The van der Waals surface area contributed by atoms with Gasteiger partial charge in [-0.05, 0) is 35.7 Å². The maximum absolute atomic E-state index is 12.8. The maximum atomic E-state index is 12.8. The van der Waals surface area contributed by atoms with E-state index >= 15 is 0 Å². The van der Waals surface area contributed by atoms with Crippen LogP contribution in [-0.4, -0.2) is 10.5 Å². The molecule has 4 aromatic rings. The van der Waals surface area contributed by atoms with Gasteiger partial charge in [0.05, 0.1) is 21.2 Å². The molecule has 4 rings (SSSR count). The van der Waals surface area contributed by atoms with Gasteiger partial charge in [-0.2, -0.15) is 4.99 Å². The third-order valence-corrected chi connectivity index (χ3v) is 6.16. The molecule has 0 fully saturated rings. The summed E-state index contributed by atoms with van der Waals surface area (Å²) in [4.78, 5) is 18.9. The zero-order chi connectivity index (χ0) is 20.4. The molecule has 1 heterocycles. The molecule has 0 aliphatic carbocycles. The van der Waals surface area contributed by atoms with Crippen molar-refractivity contribution in [2.75, 3.05) is 0 Å². The number of carbonyl (C=O) groups is 1. The summed E-state index contributed by atoms with van der Waals surface area (Å²) >= 11 is 7.77. The second kappa shape index (κ2) is 8.19. The molecule has 0 saturated carbocycles. The number of hydrogen-bond donors (Lipinski definition) is 0. The molecule has 0 radical (unpaired) electrons. The second-order valence-corrected chi connectivity index (χ2v) is 8.14. The Balaban J connectivity index is 1.90. The lowest BCUT2D eigenvalue weighted by Gasteiger charge is -2.07. The molecule has 144 valence electrons. The summed E-state index contributed by atoms with van der Waals surface area (Å²) in [6, 6.07) is 25.7. The number of amides is 1. The van der Waals surface area contributed by atoms with Crippen LogP contribution >= 0.6 is 22.9 Å². The van der Waals surface area contributed by atoms with Crippen molar-refractivity contribution in [2.45, 2.75) is 6.92 Å². The van der Waals surface area contributed by atoms with Gasteiger partial charge in [-0.15, -0.1) is 0 Å². The molecule has 1 amide bonds. The number of rotatable bonds is 3. The molecular formula is C24H19ClN2OS. The Kier molecular flexibility index (Phi) is 5.47. The first-order valence-electron chi connectivity index (χ1n) is 9.20. The van der Waals surface area contributed by atoms with E-state index in [0.29, 0.717) is 15.4 Å². The van der Waals surface area contributed by atoms with E-state index in [2.05, 4.69) is 29.3 Å². The highest BCUT2D eigenvalue weighted by Gasteiger charge is 2.16. The Morgan fingerprint density at radius 3 is 2.17 bits per heavy atom. The van der Waals surface area contributed by atoms with Gasteiger partial charge >= 0.3 is 0 Å². The summed E-state index contributed by atoms with van der Waals surface area (Å²) in [5.41, 5.74) is 4.61. The van der Waals surface area contributed by atoms with E-state index in [4.69, 9.17) is 11.6 Å². The second-order valence-electron chi connectivity index (χ2n) is 6.75. The first kappa shape index (κ1) is 19.4. The third-order valence-electron chi connectivity index (χ3n) is 4.67. The molecule has 5 heteroatoms. The smallest absolute Gasteiger partial charge is 0.281 e. The first-order valence-corrected chi connectivity index (χ1v) is 10.4. The normalized spacial score (nSPS) is 11.6. The molecule has 3 nitrogen and oxygen atoms in total. The summed E-state index contributed by atoms with van der Waals surface area (Å²) in [6.45, 7) is 1.94. The van der Waals surface area contributed by atoms with Crippen LogP contribution in [0.2, 0.25) is 5.02 Å². The number of nitrogens with zero attached hydrogens (tertiary/aromatic N) is 2. The predicted octanol–water partition coefficient (Wildman–Crippen LogP) is 6.12. The van der Waals surface area contributed by atoms with Crippen molar-refractivity contribution in [1.29, 1.82) is 0 Å². The molecule has 0 N–H and O–H groups in total. The SMILES string of the molecule is Cc1ccc(C(=O)N=c2sc(-c3ccccc3)c(-c3ccccc3)n2C)c(Cl)c1. The molecule has 0 unspecified atom stereocenters. The van der Waals surface area contributed by atoms with Gasteiger partial charge in [0, 0.05) is 7.05 Å². The Bertz CT molecular complexity index is 1240. The van der Waals surface area contributed by atoms with Gasteiger partial charge in [-0.25, -0.2) is 0 Å². The molecular weight excluding hydrogens is 400 g/mol. The number of hydrogen-bond acceptors (Lipinski definition) is 2. The summed E-state index contributed by atoms with van der Waals surface area (Å²) in [6.07, 6.45) is 0. The first-order chi connectivity index (χ1) is 14.0. The fraction of sp³-hybridized carbons (Fsp3) is 0.0833. The molecule has 0 bridgehead atoms. The van der Waals surface area contributed by atoms with Crippen molar-refractivity contribution < 1.29 is 4.79 Å². The molecule has 0 aliphatic rings. The lowest BCUT2D eigenvalue weighted by atomic mass is 10.1. The molecule has 3 aromatic carbocycles. The number of aromatic nitrogens is 1. The van der Waals surface area contributed by atoms with Gasteiger partial charge < -0.3 is 4.57 Å². The van der Waals surface area contributed by atoms with Crippen molar-refractivity contribution in [3.8, 4) is 21.7 Å². The fourth-order valence-electron chi connectivity index (χ4n) is 3.20.